The molecule has 108 valence electrons. The summed E-state index contributed by atoms with van der Waals surface area (Å²) in [5.41, 5.74) is 3.85. The highest BCUT2D eigenvalue weighted by Gasteiger charge is 2.18. The van der Waals surface area contributed by atoms with Gasteiger partial charge in [0.1, 0.15) is 6.61 Å². The topological polar surface area (TPSA) is 21.6 Å². The third-order valence-electron chi connectivity index (χ3n) is 3.77. The molecule has 2 nitrogen and oxygen atoms in total. The lowest BCUT2D eigenvalue weighted by molar-refractivity contribution is 0.309. The van der Waals surface area contributed by atoms with E-state index >= 15 is 0 Å². The number of hydrogen-bond donors (Lipinski definition) is 0. The summed E-state index contributed by atoms with van der Waals surface area (Å²) in [4.78, 5) is 4.65. The van der Waals surface area contributed by atoms with E-state index in [1.54, 1.807) is 0 Å². The molecule has 1 aliphatic rings. The SMILES string of the molecule is CCCC1=N[C@@H](Cc2ccc(-c3ccccc3)cc2)CO1. The van der Waals surface area contributed by atoms with Crippen LogP contribution in [0.4, 0.5) is 0 Å². The smallest absolute Gasteiger partial charge is 0.183 e. The number of aliphatic imine (C=N–C) groups is 1. The number of hydrogen-bond acceptors (Lipinski definition) is 2. The first-order valence-corrected chi connectivity index (χ1v) is 7.69. The molecule has 2 aromatic rings. The van der Waals surface area contributed by atoms with Gasteiger partial charge < -0.3 is 4.74 Å². The second-order valence-electron chi connectivity index (χ2n) is 5.50. The summed E-state index contributed by atoms with van der Waals surface area (Å²) < 4.78 is 5.62. The van der Waals surface area contributed by atoms with Crippen LogP contribution in [0.3, 0.4) is 0 Å². The zero-order chi connectivity index (χ0) is 14.5. The van der Waals surface area contributed by atoms with Crippen LogP contribution in [-0.2, 0) is 11.2 Å². The Morgan fingerprint density at radius 1 is 1.00 bits per heavy atom. The molecule has 0 amide bonds. The zero-order valence-electron chi connectivity index (χ0n) is 12.5. The number of ether oxygens (including phenoxy) is 1. The molecule has 0 spiro atoms. The van der Waals surface area contributed by atoms with Crippen LogP contribution >= 0.6 is 0 Å². The Labute approximate surface area is 126 Å². The van der Waals surface area contributed by atoms with Gasteiger partial charge in [0.25, 0.3) is 0 Å². The normalized spacial score (nSPS) is 17.4. The van der Waals surface area contributed by atoms with Gasteiger partial charge in [-0.2, -0.15) is 0 Å². The summed E-state index contributed by atoms with van der Waals surface area (Å²) in [5, 5.41) is 0. The fourth-order valence-electron chi connectivity index (χ4n) is 2.66. The minimum absolute atomic E-state index is 0.286. The first-order valence-electron chi connectivity index (χ1n) is 7.69. The van der Waals surface area contributed by atoms with Crippen molar-refractivity contribution in [2.45, 2.75) is 32.2 Å². The average Bonchev–Trinajstić information content (AvgIpc) is 2.97. The van der Waals surface area contributed by atoms with E-state index in [2.05, 4.69) is 60.4 Å². The van der Waals surface area contributed by atoms with Crippen LogP contribution in [0.25, 0.3) is 11.1 Å². The van der Waals surface area contributed by atoms with E-state index in [9.17, 15) is 0 Å². The second kappa shape index (κ2) is 6.57. The van der Waals surface area contributed by atoms with Crippen LogP contribution in [0.1, 0.15) is 25.3 Å². The summed E-state index contributed by atoms with van der Waals surface area (Å²) in [6, 6.07) is 19.5. The molecule has 2 aromatic carbocycles. The molecule has 21 heavy (non-hydrogen) atoms. The fourth-order valence-corrected chi connectivity index (χ4v) is 2.66. The molecule has 0 aromatic heterocycles. The number of rotatable bonds is 5. The van der Waals surface area contributed by atoms with Crippen LogP contribution in [0.2, 0.25) is 0 Å². The minimum Gasteiger partial charge on any atom is -0.479 e. The van der Waals surface area contributed by atoms with E-state index in [0.29, 0.717) is 0 Å². The van der Waals surface area contributed by atoms with E-state index < -0.39 is 0 Å². The summed E-state index contributed by atoms with van der Waals surface area (Å²) >= 11 is 0. The standard InChI is InChI=1S/C19H21NO/c1-2-6-19-20-18(14-21-19)13-15-9-11-17(12-10-15)16-7-4-3-5-8-16/h3-5,7-12,18H,2,6,13-14H2,1H3/t18-/m0/s1. The highest BCUT2D eigenvalue weighted by Crippen LogP contribution is 2.21. The largest absolute Gasteiger partial charge is 0.479 e. The Balaban J connectivity index is 1.66. The van der Waals surface area contributed by atoms with Gasteiger partial charge in [-0.05, 0) is 29.5 Å². The molecule has 0 aliphatic carbocycles. The molecule has 1 aliphatic heterocycles. The minimum atomic E-state index is 0.286. The van der Waals surface area contributed by atoms with E-state index in [0.717, 1.165) is 31.8 Å². The van der Waals surface area contributed by atoms with Gasteiger partial charge in [-0.1, -0.05) is 61.5 Å². The van der Waals surface area contributed by atoms with E-state index in [1.807, 2.05) is 6.07 Å². The molecule has 2 heteroatoms. The maximum absolute atomic E-state index is 5.62. The van der Waals surface area contributed by atoms with Gasteiger partial charge in [-0.3, -0.25) is 0 Å². The van der Waals surface area contributed by atoms with E-state index in [-0.39, 0.29) is 6.04 Å². The zero-order valence-corrected chi connectivity index (χ0v) is 12.5. The van der Waals surface area contributed by atoms with Crippen molar-refractivity contribution in [2.75, 3.05) is 6.61 Å². The van der Waals surface area contributed by atoms with Gasteiger partial charge in [-0.15, -0.1) is 0 Å². The van der Waals surface area contributed by atoms with Crippen molar-refractivity contribution in [1.29, 1.82) is 0 Å². The van der Waals surface area contributed by atoms with E-state index in [4.69, 9.17) is 4.74 Å². The molecular weight excluding hydrogens is 258 g/mol. The van der Waals surface area contributed by atoms with Crippen LogP contribution < -0.4 is 0 Å². The van der Waals surface area contributed by atoms with Crippen molar-refractivity contribution < 1.29 is 4.74 Å². The fraction of sp³-hybridized carbons (Fsp3) is 0.316. The molecule has 0 unspecified atom stereocenters. The molecule has 0 radical (unpaired) electrons. The third kappa shape index (κ3) is 3.52. The summed E-state index contributed by atoms with van der Waals surface area (Å²) in [6.07, 6.45) is 3.02. The highest BCUT2D eigenvalue weighted by molar-refractivity contribution is 5.77. The maximum Gasteiger partial charge on any atom is 0.183 e. The summed E-state index contributed by atoms with van der Waals surface area (Å²) in [7, 11) is 0. The van der Waals surface area contributed by atoms with Crippen LogP contribution in [0.5, 0.6) is 0 Å². The third-order valence-corrected chi connectivity index (χ3v) is 3.77. The van der Waals surface area contributed by atoms with Gasteiger partial charge in [0, 0.05) is 6.42 Å². The highest BCUT2D eigenvalue weighted by atomic mass is 16.5. The van der Waals surface area contributed by atoms with Crippen molar-refractivity contribution in [3.05, 3.63) is 60.2 Å². The van der Waals surface area contributed by atoms with Gasteiger partial charge in [0.05, 0.1) is 6.04 Å². The lowest BCUT2D eigenvalue weighted by Crippen LogP contribution is -2.09. The molecule has 3 rings (SSSR count). The van der Waals surface area contributed by atoms with Crippen LogP contribution in [0.15, 0.2) is 59.6 Å². The van der Waals surface area contributed by atoms with Gasteiger partial charge in [0.2, 0.25) is 0 Å². The Bertz CT molecular complexity index is 601. The van der Waals surface area contributed by atoms with Crippen LogP contribution in [0, 0.1) is 0 Å². The summed E-state index contributed by atoms with van der Waals surface area (Å²) in [5.74, 6) is 0.934. The maximum atomic E-state index is 5.62. The Morgan fingerprint density at radius 3 is 2.43 bits per heavy atom. The van der Waals surface area contributed by atoms with Gasteiger partial charge in [0.15, 0.2) is 5.90 Å². The molecular formula is C19H21NO. The monoisotopic (exact) mass is 279 g/mol. The molecule has 0 saturated heterocycles. The van der Waals surface area contributed by atoms with Crippen LogP contribution in [-0.4, -0.2) is 18.5 Å². The second-order valence-corrected chi connectivity index (χ2v) is 5.50. The van der Waals surface area contributed by atoms with Crippen molar-refractivity contribution in [3.63, 3.8) is 0 Å². The first kappa shape index (κ1) is 13.9. The molecule has 0 fully saturated rings. The first-order chi connectivity index (χ1) is 10.3. The quantitative estimate of drug-likeness (QED) is 0.790. The lowest BCUT2D eigenvalue weighted by Gasteiger charge is -2.07. The Morgan fingerprint density at radius 2 is 1.71 bits per heavy atom. The predicted octanol–water partition coefficient (Wildman–Crippen LogP) is 4.49. The van der Waals surface area contributed by atoms with Crippen molar-refractivity contribution in [2.24, 2.45) is 4.99 Å². The summed E-state index contributed by atoms with van der Waals surface area (Å²) in [6.45, 7) is 2.89. The van der Waals surface area contributed by atoms with Gasteiger partial charge in [-0.25, -0.2) is 4.99 Å². The average molecular weight is 279 g/mol. The Hall–Kier alpha value is -2.09. The molecule has 0 saturated carbocycles. The number of nitrogens with zero attached hydrogens (tertiary/aromatic N) is 1. The number of benzene rings is 2. The lowest BCUT2D eigenvalue weighted by atomic mass is 10.0. The van der Waals surface area contributed by atoms with Crippen molar-refractivity contribution in [1.82, 2.24) is 0 Å². The van der Waals surface area contributed by atoms with Crippen molar-refractivity contribution >= 4 is 5.90 Å². The molecule has 1 heterocycles. The molecule has 0 bridgehead atoms. The Kier molecular flexibility index (Phi) is 4.34. The van der Waals surface area contributed by atoms with Gasteiger partial charge >= 0.3 is 0 Å². The van der Waals surface area contributed by atoms with Crippen molar-refractivity contribution in [3.8, 4) is 11.1 Å². The predicted molar refractivity (Wildman–Crippen MR) is 87.7 cm³/mol. The molecule has 0 N–H and O–H groups in total. The molecule has 1 atom stereocenters. The van der Waals surface area contributed by atoms with E-state index in [1.165, 1.54) is 16.7 Å².